The van der Waals surface area contributed by atoms with E-state index >= 15 is 0 Å². The average molecular weight is 285 g/mol. The molecule has 0 aliphatic rings. The van der Waals surface area contributed by atoms with Crippen molar-refractivity contribution in [1.29, 1.82) is 0 Å². The fraction of sp³-hybridized carbons (Fsp3) is 0.462. The Morgan fingerprint density at radius 2 is 1.84 bits per heavy atom. The van der Waals surface area contributed by atoms with Gasteiger partial charge in [0.1, 0.15) is 0 Å². The van der Waals surface area contributed by atoms with Gasteiger partial charge in [-0.3, -0.25) is 4.79 Å². The van der Waals surface area contributed by atoms with Crippen molar-refractivity contribution < 1.29 is 17.9 Å². The minimum Gasteiger partial charge on any atom is -0.385 e. The Hall–Kier alpha value is -1.40. The van der Waals surface area contributed by atoms with Crippen molar-refractivity contribution in [3.05, 3.63) is 29.8 Å². The number of amides is 1. The third-order valence-electron chi connectivity index (χ3n) is 2.58. The van der Waals surface area contributed by atoms with Crippen molar-refractivity contribution in [2.75, 3.05) is 13.7 Å². The molecule has 0 atom stereocenters. The normalized spacial score (nSPS) is 11.3. The van der Waals surface area contributed by atoms with E-state index in [1.165, 1.54) is 12.1 Å². The van der Waals surface area contributed by atoms with Crippen LogP contribution in [-0.2, 0) is 19.6 Å². The van der Waals surface area contributed by atoms with Gasteiger partial charge in [-0.1, -0.05) is 17.7 Å². The minimum atomic E-state index is -3.75. The maximum atomic E-state index is 11.9. The van der Waals surface area contributed by atoms with Crippen LogP contribution >= 0.6 is 0 Å². The topological polar surface area (TPSA) is 72.5 Å². The number of carbonyl (C=O) groups is 1. The standard InChI is InChI=1S/C13H19NO4S/c1-11-6-8-12(9-7-11)19(16,17)14-13(15)5-3-4-10-18-2/h6-9H,3-5,10H2,1-2H3,(H,14,15). The highest BCUT2D eigenvalue weighted by atomic mass is 32.2. The third kappa shape index (κ3) is 5.40. The number of sulfonamides is 1. The highest BCUT2D eigenvalue weighted by Crippen LogP contribution is 2.10. The molecule has 6 heteroatoms. The molecule has 1 rings (SSSR count). The van der Waals surface area contributed by atoms with E-state index in [1.54, 1.807) is 19.2 Å². The van der Waals surface area contributed by atoms with Crippen LogP contribution in [0, 0.1) is 6.92 Å². The number of methoxy groups -OCH3 is 1. The van der Waals surface area contributed by atoms with E-state index in [0.29, 0.717) is 13.0 Å². The first kappa shape index (κ1) is 15.7. The molecule has 0 spiro atoms. The van der Waals surface area contributed by atoms with Crippen molar-refractivity contribution in [3.63, 3.8) is 0 Å². The summed E-state index contributed by atoms with van der Waals surface area (Å²) >= 11 is 0. The quantitative estimate of drug-likeness (QED) is 0.773. The summed E-state index contributed by atoms with van der Waals surface area (Å²) < 4.78 is 30.7. The molecular formula is C13H19NO4S. The summed E-state index contributed by atoms with van der Waals surface area (Å²) in [6.07, 6.45) is 1.51. The lowest BCUT2D eigenvalue weighted by Crippen LogP contribution is -2.30. The second-order valence-corrected chi connectivity index (χ2v) is 5.97. The molecule has 0 heterocycles. The molecule has 0 saturated carbocycles. The number of hydrogen-bond acceptors (Lipinski definition) is 4. The summed E-state index contributed by atoms with van der Waals surface area (Å²) in [5, 5.41) is 0. The lowest BCUT2D eigenvalue weighted by molar-refractivity contribution is -0.119. The van der Waals surface area contributed by atoms with Gasteiger partial charge in [0.2, 0.25) is 5.91 Å². The van der Waals surface area contributed by atoms with E-state index < -0.39 is 15.9 Å². The van der Waals surface area contributed by atoms with Crippen LogP contribution in [0.3, 0.4) is 0 Å². The van der Waals surface area contributed by atoms with Crippen LogP contribution in [0.2, 0.25) is 0 Å². The number of nitrogens with one attached hydrogen (secondary N) is 1. The Balaban J connectivity index is 2.55. The Kier molecular flexibility index (Phi) is 5.98. The molecular weight excluding hydrogens is 266 g/mol. The van der Waals surface area contributed by atoms with Gasteiger partial charge < -0.3 is 4.74 Å². The molecule has 106 valence electrons. The zero-order valence-corrected chi connectivity index (χ0v) is 12.0. The fourth-order valence-corrected chi connectivity index (χ4v) is 2.52. The first-order valence-corrected chi connectivity index (χ1v) is 7.55. The summed E-state index contributed by atoms with van der Waals surface area (Å²) in [7, 11) is -2.16. The third-order valence-corrected chi connectivity index (χ3v) is 3.97. The summed E-state index contributed by atoms with van der Waals surface area (Å²) in [5.41, 5.74) is 0.963. The van der Waals surface area contributed by atoms with Crippen molar-refractivity contribution in [1.82, 2.24) is 4.72 Å². The maximum absolute atomic E-state index is 11.9. The van der Waals surface area contributed by atoms with E-state index in [-0.39, 0.29) is 11.3 Å². The second kappa shape index (κ2) is 7.25. The number of ether oxygens (including phenoxy) is 1. The van der Waals surface area contributed by atoms with Crippen LogP contribution in [0.1, 0.15) is 24.8 Å². The maximum Gasteiger partial charge on any atom is 0.264 e. The molecule has 1 N–H and O–H groups in total. The van der Waals surface area contributed by atoms with Gasteiger partial charge in [-0.25, -0.2) is 13.1 Å². The molecule has 1 aromatic carbocycles. The van der Waals surface area contributed by atoms with Crippen LogP contribution in [0.25, 0.3) is 0 Å². The summed E-state index contributed by atoms with van der Waals surface area (Å²) in [6.45, 7) is 2.43. The number of benzene rings is 1. The van der Waals surface area contributed by atoms with Crippen LogP contribution in [0.4, 0.5) is 0 Å². The molecule has 0 fully saturated rings. The van der Waals surface area contributed by atoms with Gasteiger partial charge >= 0.3 is 0 Å². The molecule has 0 aliphatic carbocycles. The van der Waals surface area contributed by atoms with E-state index in [4.69, 9.17) is 4.74 Å². The van der Waals surface area contributed by atoms with Crippen molar-refractivity contribution in [2.45, 2.75) is 31.1 Å². The van der Waals surface area contributed by atoms with Gasteiger partial charge in [0.15, 0.2) is 0 Å². The SMILES string of the molecule is COCCCCC(=O)NS(=O)(=O)c1ccc(C)cc1. The van der Waals surface area contributed by atoms with E-state index in [1.807, 2.05) is 6.92 Å². The number of aryl methyl sites for hydroxylation is 1. The average Bonchev–Trinajstić information content (AvgIpc) is 2.34. The fourth-order valence-electron chi connectivity index (χ4n) is 1.51. The summed E-state index contributed by atoms with van der Waals surface area (Å²) in [5.74, 6) is -0.489. The Morgan fingerprint density at radius 1 is 1.21 bits per heavy atom. The molecule has 0 aliphatic heterocycles. The van der Waals surface area contributed by atoms with Gasteiger partial charge in [0, 0.05) is 20.1 Å². The van der Waals surface area contributed by atoms with Crippen LogP contribution < -0.4 is 4.72 Å². The molecule has 1 amide bonds. The first-order valence-electron chi connectivity index (χ1n) is 6.07. The number of hydrogen-bond donors (Lipinski definition) is 1. The van der Waals surface area contributed by atoms with Crippen molar-refractivity contribution in [3.8, 4) is 0 Å². The lowest BCUT2D eigenvalue weighted by atomic mass is 10.2. The smallest absolute Gasteiger partial charge is 0.264 e. The highest BCUT2D eigenvalue weighted by molar-refractivity contribution is 7.90. The van der Waals surface area contributed by atoms with Crippen LogP contribution in [0.5, 0.6) is 0 Å². The Morgan fingerprint density at radius 3 is 2.42 bits per heavy atom. The zero-order valence-electron chi connectivity index (χ0n) is 11.2. The van der Waals surface area contributed by atoms with Crippen molar-refractivity contribution in [2.24, 2.45) is 0 Å². The molecule has 0 saturated heterocycles. The van der Waals surface area contributed by atoms with E-state index in [0.717, 1.165) is 12.0 Å². The second-order valence-electron chi connectivity index (χ2n) is 4.29. The predicted octanol–water partition coefficient (Wildman–Crippen LogP) is 1.62. The molecule has 5 nitrogen and oxygen atoms in total. The predicted molar refractivity (Wildman–Crippen MR) is 72.2 cm³/mol. The van der Waals surface area contributed by atoms with Gasteiger partial charge in [-0.2, -0.15) is 0 Å². The Bertz CT molecular complexity index is 508. The highest BCUT2D eigenvalue weighted by Gasteiger charge is 2.16. The molecule has 0 radical (unpaired) electrons. The summed E-state index contributed by atoms with van der Waals surface area (Å²) in [6, 6.07) is 6.35. The largest absolute Gasteiger partial charge is 0.385 e. The minimum absolute atomic E-state index is 0.100. The number of rotatable bonds is 7. The molecule has 0 unspecified atom stereocenters. The molecule has 0 bridgehead atoms. The Labute approximate surface area is 114 Å². The van der Waals surface area contributed by atoms with Gasteiger partial charge in [0.25, 0.3) is 10.0 Å². The first-order chi connectivity index (χ1) is 8.95. The molecule has 19 heavy (non-hydrogen) atoms. The summed E-state index contributed by atoms with van der Waals surface area (Å²) in [4.78, 5) is 11.6. The van der Waals surface area contributed by atoms with Gasteiger partial charge in [-0.05, 0) is 31.9 Å². The molecule has 0 aromatic heterocycles. The van der Waals surface area contributed by atoms with E-state index in [2.05, 4.69) is 4.72 Å². The van der Waals surface area contributed by atoms with E-state index in [9.17, 15) is 13.2 Å². The van der Waals surface area contributed by atoms with Crippen molar-refractivity contribution >= 4 is 15.9 Å². The molecule has 1 aromatic rings. The number of unbranched alkanes of at least 4 members (excludes halogenated alkanes) is 1. The van der Waals surface area contributed by atoms with Gasteiger partial charge in [0.05, 0.1) is 4.90 Å². The lowest BCUT2D eigenvalue weighted by Gasteiger charge is -2.07. The van der Waals surface area contributed by atoms with Crippen LogP contribution in [0.15, 0.2) is 29.2 Å². The zero-order chi connectivity index (χ0) is 14.3. The number of carbonyl (C=O) groups excluding carboxylic acids is 1. The van der Waals surface area contributed by atoms with Crippen LogP contribution in [-0.4, -0.2) is 28.0 Å². The monoisotopic (exact) mass is 285 g/mol. The van der Waals surface area contributed by atoms with Gasteiger partial charge in [-0.15, -0.1) is 0 Å².